The van der Waals surface area contributed by atoms with Crippen molar-refractivity contribution in [2.45, 2.75) is 20.1 Å². The van der Waals surface area contributed by atoms with Crippen LogP contribution < -0.4 is 15.4 Å². The molecule has 1 amide bonds. The highest BCUT2D eigenvalue weighted by molar-refractivity contribution is 5.89. The normalized spacial score (nSPS) is 11.5. The van der Waals surface area contributed by atoms with Crippen molar-refractivity contribution < 1.29 is 9.53 Å². The van der Waals surface area contributed by atoms with E-state index >= 15 is 0 Å². The molecule has 4 heteroatoms. The quantitative estimate of drug-likeness (QED) is 0.818. The molecule has 0 fully saturated rings. The van der Waals surface area contributed by atoms with Crippen LogP contribution in [0.2, 0.25) is 0 Å². The van der Waals surface area contributed by atoms with E-state index in [0.29, 0.717) is 0 Å². The summed E-state index contributed by atoms with van der Waals surface area (Å²) >= 11 is 0. The Bertz CT molecular complexity index is 570. The van der Waals surface area contributed by atoms with Gasteiger partial charge < -0.3 is 15.4 Å². The van der Waals surface area contributed by atoms with Crippen molar-refractivity contribution in [1.82, 2.24) is 0 Å². The van der Waals surface area contributed by atoms with Crippen molar-refractivity contribution in [2.75, 3.05) is 10.6 Å². The summed E-state index contributed by atoms with van der Waals surface area (Å²) in [5.74, 6) is 0.723. The van der Waals surface area contributed by atoms with Gasteiger partial charge in [-0.25, -0.2) is 0 Å². The minimum Gasteiger partial charge on any atom is -0.471 e. The number of hydrogen-bond donors (Lipinski definition) is 2. The van der Waals surface area contributed by atoms with Gasteiger partial charge in [-0.15, -0.1) is 0 Å². The molecule has 2 aromatic rings. The lowest BCUT2D eigenvalue weighted by Gasteiger charge is -2.18. The van der Waals surface area contributed by atoms with E-state index in [1.165, 1.54) is 6.92 Å². The minimum absolute atomic E-state index is 0.0873. The van der Waals surface area contributed by atoms with Crippen LogP contribution in [0.4, 0.5) is 11.4 Å². The van der Waals surface area contributed by atoms with Gasteiger partial charge in [-0.2, -0.15) is 0 Å². The van der Waals surface area contributed by atoms with E-state index < -0.39 is 0 Å². The van der Waals surface area contributed by atoms with Crippen LogP contribution in [0.15, 0.2) is 54.6 Å². The zero-order valence-corrected chi connectivity index (χ0v) is 11.6. The Balaban J connectivity index is 1.97. The molecule has 0 aliphatic rings. The molecule has 0 aliphatic heterocycles. The summed E-state index contributed by atoms with van der Waals surface area (Å²) in [4.78, 5) is 11.0. The number of para-hydroxylation sites is 1. The number of anilines is 2. The standard InChI is InChI=1S/C16H18N2O2/c1-12(19)17-14-7-6-8-15(11-14)18-13(2)20-16-9-4-3-5-10-16/h3-11,13,18H,1-2H3,(H,17,19). The van der Waals surface area contributed by atoms with Crippen LogP contribution in [0.1, 0.15) is 13.8 Å². The first-order valence-corrected chi connectivity index (χ1v) is 6.49. The molecular formula is C16H18N2O2. The Labute approximate surface area is 118 Å². The molecular weight excluding hydrogens is 252 g/mol. The fraction of sp³-hybridized carbons (Fsp3) is 0.188. The molecule has 1 atom stereocenters. The van der Waals surface area contributed by atoms with Crippen LogP contribution in [0.5, 0.6) is 5.75 Å². The van der Waals surface area contributed by atoms with E-state index in [4.69, 9.17) is 4.74 Å². The monoisotopic (exact) mass is 270 g/mol. The van der Waals surface area contributed by atoms with Crippen LogP contribution in [0.3, 0.4) is 0 Å². The maximum atomic E-state index is 11.0. The average molecular weight is 270 g/mol. The summed E-state index contributed by atoms with van der Waals surface area (Å²) < 4.78 is 5.74. The van der Waals surface area contributed by atoms with Gasteiger partial charge in [0.25, 0.3) is 0 Å². The van der Waals surface area contributed by atoms with Gasteiger partial charge >= 0.3 is 0 Å². The van der Waals surface area contributed by atoms with E-state index in [1.807, 2.05) is 61.5 Å². The van der Waals surface area contributed by atoms with Gasteiger partial charge in [0.15, 0.2) is 6.23 Å². The summed E-state index contributed by atoms with van der Waals surface area (Å²) in [7, 11) is 0. The molecule has 20 heavy (non-hydrogen) atoms. The second kappa shape index (κ2) is 6.61. The summed E-state index contributed by atoms with van der Waals surface area (Å²) in [6.07, 6.45) is -0.176. The number of amides is 1. The van der Waals surface area contributed by atoms with Crippen molar-refractivity contribution in [3.8, 4) is 5.75 Å². The van der Waals surface area contributed by atoms with Crippen LogP contribution in [0.25, 0.3) is 0 Å². The third kappa shape index (κ3) is 4.31. The second-order valence-electron chi connectivity index (χ2n) is 4.48. The number of nitrogens with one attached hydrogen (secondary N) is 2. The predicted molar refractivity (Wildman–Crippen MR) is 80.9 cm³/mol. The summed E-state index contributed by atoms with van der Waals surface area (Å²) in [5, 5.41) is 5.98. The number of rotatable bonds is 5. The molecule has 2 rings (SSSR count). The largest absolute Gasteiger partial charge is 0.471 e. The van der Waals surface area contributed by atoms with E-state index in [-0.39, 0.29) is 12.1 Å². The number of ether oxygens (including phenoxy) is 1. The van der Waals surface area contributed by atoms with Crippen LogP contribution in [-0.2, 0) is 4.79 Å². The van der Waals surface area contributed by atoms with Gasteiger partial charge in [0, 0.05) is 18.3 Å². The molecule has 2 aromatic carbocycles. The van der Waals surface area contributed by atoms with Crippen LogP contribution in [-0.4, -0.2) is 12.1 Å². The van der Waals surface area contributed by atoms with Gasteiger partial charge in [-0.05, 0) is 37.3 Å². The van der Waals surface area contributed by atoms with Crippen molar-refractivity contribution in [3.63, 3.8) is 0 Å². The molecule has 0 radical (unpaired) electrons. The first-order valence-electron chi connectivity index (χ1n) is 6.49. The Morgan fingerprint density at radius 1 is 1.05 bits per heavy atom. The highest BCUT2D eigenvalue weighted by atomic mass is 16.5. The van der Waals surface area contributed by atoms with E-state index in [0.717, 1.165) is 17.1 Å². The minimum atomic E-state index is -0.176. The van der Waals surface area contributed by atoms with Gasteiger partial charge in [-0.1, -0.05) is 24.3 Å². The Hall–Kier alpha value is -2.49. The topological polar surface area (TPSA) is 50.4 Å². The van der Waals surface area contributed by atoms with E-state index in [9.17, 15) is 4.79 Å². The Morgan fingerprint density at radius 2 is 1.75 bits per heavy atom. The molecule has 0 heterocycles. The zero-order chi connectivity index (χ0) is 14.4. The fourth-order valence-electron chi connectivity index (χ4n) is 1.86. The lowest BCUT2D eigenvalue weighted by molar-refractivity contribution is -0.114. The molecule has 0 aromatic heterocycles. The van der Waals surface area contributed by atoms with Gasteiger partial charge in [0.1, 0.15) is 5.75 Å². The van der Waals surface area contributed by atoms with E-state index in [2.05, 4.69) is 10.6 Å². The fourth-order valence-corrected chi connectivity index (χ4v) is 1.86. The zero-order valence-electron chi connectivity index (χ0n) is 11.6. The lowest BCUT2D eigenvalue weighted by Crippen LogP contribution is -2.22. The Morgan fingerprint density at radius 3 is 2.45 bits per heavy atom. The van der Waals surface area contributed by atoms with Crippen molar-refractivity contribution in [2.24, 2.45) is 0 Å². The molecule has 2 N–H and O–H groups in total. The predicted octanol–water partition coefficient (Wildman–Crippen LogP) is 3.48. The van der Waals surface area contributed by atoms with Crippen molar-refractivity contribution >= 4 is 17.3 Å². The number of benzene rings is 2. The third-order valence-corrected chi connectivity index (χ3v) is 2.61. The molecule has 0 saturated heterocycles. The van der Waals surface area contributed by atoms with Crippen molar-refractivity contribution in [1.29, 1.82) is 0 Å². The van der Waals surface area contributed by atoms with Crippen LogP contribution in [0, 0.1) is 0 Å². The number of carbonyl (C=O) groups excluding carboxylic acids is 1. The number of hydrogen-bond acceptors (Lipinski definition) is 3. The maximum Gasteiger partial charge on any atom is 0.221 e. The van der Waals surface area contributed by atoms with E-state index in [1.54, 1.807) is 0 Å². The Kier molecular flexibility index (Phi) is 4.60. The van der Waals surface area contributed by atoms with Crippen LogP contribution >= 0.6 is 0 Å². The average Bonchev–Trinajstić information content (AvgIpc) is 2.39. The molecule has 0 spiro atoms. The summed E-state index contributed by atoms with van der Waals surface area (Å²) in [5.41, 5.74) is 1.65. The molecule has 104 valence electrons. The lowest BCUT2D eigenvalue weighted by atomic mass is 10.2. The highest BCUT2D eigenvalue weighted by Gasteiger charge is 2.04. The smallest absolute Gasteiger partial charge is 0.221 e. The highest BCUT2D eigenvalue weighted by Crippen LogP contribution is 2.17. The first-order chi connectivity index (χ1) is 9.63. The molecule has 0 saturated carbocycles. The third-order valence-electron chi connectivity index (χ3n) is 2.61. The van der Waals surface area contributed by atoms with Gasteiger partial charge in [-0.3, -0.25) is 4.79 Å². The van der Waals surface area contributed by atoms with Crippen molar-refractivity contribution in [3.05, 3.63) is 54.6 Å². The van der Waals surface area contributed by atoms with Gasteiger partial charge in [0.05, 0.1) is 0 Å². The SMILES string of the molecule is CC(=O)Nc1cccc(NC(C)Oc2ccccc2)c1. The molecule has 0 bridgehead atoms. The second-order valence-corrected chi connectivity index (χ2v) is 4.48. The summed E-state index contributed by atoms with van der Waals surface area (Å²) in [6.45, 7) is 3.42. The molecule has 4 nitrogen and oxygen atoms in total. The summed E-state index contributed by atoms with van der Waals surface area (Å²) in [6, 6.07) is 17.1. The number of carbonyl (C=O) groups is 1. The molecule has 1 unspecified atom stereocenters. The first kappa shape index (κ1) is 13.9. The molecule has 0 aliphatic carbocycles. The maximum absolute atomic E-state index is 11.0. The van der Waals surface area contributed by atoms with Gasteiger partial charge in [0.2, 0.25) is 5.91 Å².